The van der Waals surface area contributed by atoms with E-state index in [9.17, 15) is 19.5 Å². The molecule has 3 rings (SSSR count). The number of hydrogen-bond donors (Lipinski definition) is 4. The van der Waals surface area contributed by atoms with Gasteiger partial charge in [0, 0.05) is 27.4 Å². The van der Waals surface area contributed by atoms with Gasteiger partial charge in [0.05, 0.1) is 22.4 Å². The quantitative estimate of drug-likeness (QED) is 0.486. The number of fused-ring (bicyclic) bond motifs is 1. The van der Waals surface area contributed by atoms with E-state index in [2.05, 4.69) is 19.9 Å². The average molecular weight is 344 g/mol. The van der Waals surface area contributed by atoms with Crippen molar-refractivity contribution < 1.29 is 5.11 Å². The zero-order chi connectivity index (χ0) is 18.3. The molecule has 3 aromatic rings. The molecule has 0 saturated carbocycles. The Labute approximate surface area is 140 Å². The molecule has 0 aliphatic rings. The Hall–Kier alpha value is -3.56. The Kier molecular flexibility index (Phi) is 3.79. The van der Waals surface area contributed by atoms with Crippen LogP contribution in [0.3, 0.4) is 0 Å². The highest BCUT2D eigenvalue weighted by atomic mass is 16.3. The zero-order valence-electron chi connectivity index (χ0n) is 13.7. The second-order valence-corrected chi connectivity index (χ2v) is 5.67. The third-order valence-corrected chi connectivity index (χ3v) is 3.75. The average Bonchev–Trinajstić information content (AvgIpc) is 2.90. The summed E-state index contributed by atoms with van der Waals surface area (Å²) in [5.74, 6) is -0.486. The van der Waals surface area contributed by atoms with E-state index in [-0.39, 0.29) is 11.3 Å². The first-order chi connectivity index (χ1) is 11.8. The molecule has 0 fully saturated rings. The van der Waals surface area contributed by atoms with Gasteiger partial charge < -0.3 is 20.0 Å². The van der Waals surface area contributed by atoms with Crippen LogP contribution in [-0.4, -0.2) is 44.9 Å². The van der Waals surface area contributed by atoms with Crippen LogP contribution in [0.4, 0.5) is 11.4 Å². The van der Waals surface area contributed by atoms with Gasteiger partial charge >= 0.3 is 11.4 Å². The number of rotatable bonds is 3. The van der Waals surface area contributed by atoms with Crippen LogP contribution in [0.1, 0.15) is 5.56 Å². The Bertz CT molecular complexity index is 1160. The maximum absolute atomic E-state index is 11.9. The number of H-pyrrole nitrogens is 3. The van der Waals surface area contributed by atoms with E-state index in [0.29, 0.717) is 22.4 Å². The molecule has 0 atom stereocenters. The monoisotopic (exact) mass is 344 g/mol. The smallest absolute Gasteiger partial charge is 0.330 e. The van der Waals surface area contributed by atoms with Gasteiger partial charge in [-0.25, -0.2) is 9.59 Å². The Morgan fingerprint density at radius 3 is 2.40 bits per heavy atom. The van der Waals surface area contributed by atoms with Crippen molar-refractivity contribution in [3.8, 4) is 5.88 Å². The number of aromatic amines is 3. The van der Waals surface area contributed by atoms with Crippen molar-refractivity contribution in [2.45, 2.75) is 0 Å². The summed E-state index contributed by atoms with van der Waals surface area (Å²) >= 11 is 0. The predicted molar refractivity (Wildman–Crippen MR) is 94.5 cm³/mol. The van der Waals surface area contributed by atoms with Crippen molar-refractivity contribution in [2.24, 2.45) is 12.0 Å². The van der Waals surface area contributed by atoms with Gasteiger partial charge in [0.25, 0.3) is 5.56 Å². The number of aromatic hydroxyl groups is 1. The third-order valence-electron chi connectivity index (χ3n) is 3.75. The fourth-order valence-corrected chi connectivity index (χ4v) is 2.40. The van der Waals surface area contributed by atoms with Crippen LogP contribution < -0.4 is 21.8 Å². The number of benzene rings is 1. The molecule has 0 radical (unpaired) electrons. The van der Waals surface area contributed by atoms with Crippen molar-refractivity contribution in [1.82, 2.24) is 19.5 Å². The van der Waals surface area contributed by atoms with E-state index in [1.165, 1.54) is 13.3 Å². The summed E-state index contributed by atoms with van der Waals surface area (Å²) in [6.45, 7) is 0. The number of aromatic nitrogens is 4. The highest BCUT2D eigenvalue weighted by Gasteiger charge is 2.12. The minimum atomic E-state index is -0.744. The lowest BCUT2D eigenvalue weighted by atomic mass is 10.2. The van der Waals surface area contributed by atoms with Gasteiger partial charge in [0.15, 0.2) is 0 Å². The van der Waals surface area contributed by atoms with Crippen LogP contribution in [0.25, 0.3) is 11.0 Å². The van der Waals surface area contributed by atoms with Gasteiger partial charge in [-0.2, -0.15) is 0 Å². The van der Waals surface area contributed by atoms with Crippen LogP contribution >= 0.6 is 0 Å². The van der Waals surface area contributed by atoms with Crippen molar-refractivity contribution in [1.29, 1.82) is 0 Å². The molecular formula is C15H16N6O4. The van der Waals surface area contributed by atoms with Gasteiger partial charge in [-0.05, 0) is 12.1 Å². The molecule has 4 N–H and O–H groups in total. The van der Waals surface area contributed by atoms with Crippen molar-refractivity contribution in [3.05, 3.63) is 49.0 Å². The first-order valence-corrected chi connectivity index (χ1v) is 7.27. The molecule has 0 aliphatic heterocycles. The first-order valence-electron chi connectivity index (χ1n) is 7.27. The van der Waals surface area contributed by atoms with Gasteiger partial charge in [0.1, 0.15) is 5.56 Å². The second-order valence-electron chi connectivity index (χ2n) is 5.67. The van der Waals surface area contributed by atoms with Gasteiger partial charge in [-0.15, -0.1) is 0 Å². The molecule has 130 valence electrons. The summed E-state index contributed by atoms with van der Waals surface area (Å²) in [4.78, 5) is 48.2. The Morgan fingerprint density at radius 1 is 1.12 bits per heavy atom. The van der Waals surface area contributed by atoms with Crippen LogP contribution in [0.2, 0.25) is 0 Å². The van der Waals surface area contributed by atoms with Crippen molar-refractivity contribution in [2.75, 3.05) is 19.0 Å². The third kappa shape index (κ3) is 2.84. The minimum Gasteiger partial charge on any atom is -0.494 e. The number of anilines is 1. The summed E-state index contributed by atoms with van der Waals surface area (Å²) < 4.78 is 0.905. The molecule has 2 aromatic heterocycles. The fourth-order valence-electron chi connectivity index (χ4n) is 2.40. The van der Waals surface area contributed by atoms with E-state index in [1.54, 1.807) is 31.1 Å². The van der Waals surface area contributed by atoms with Crippen LogP contribution in [-0.2, 0) is 7.05 Å². The molecule has 0 spiro atoms. The summed E-state index contributed by atoms with van der Waals surface area (Å²) in [5.41, 5.74) is 0.395. The second kappa shape index (κ2) is 5.82. The lowest BCUT2D eigenvalue weighted by Crippen LogP contribution is -2.30. The van der Waals surface area contributed by atoms with E-state index in [0.717, 1.165) is 4.57 Å². The lowest BCUT2D eigenvalue weighted by Gasteiger charge is -2.15. The van der Waals surface area contributed by atoms with Gasteiger partial charge in [-0.1, -0.05) is 0 Å². The molecular weight excluding hydrogens is 328 g/mol. The fraction of sp³-hybridized carbons (Fsp3) is 0.200. The molecule has 10 heteroatoms. The predicted octanol–water partition coefficient (Wildman–Crippen LogP) is -0.235. The standard InChI is InChI=1S/C15H16N6O4/c1-20(2)11-5-9-8(17-14(24)18-9)4-10(11)16-6-7-12(22)19-15(25)21(3)13(7)23/h4-6,23H,1-3H3,(H2,17,18,24)(H,19,22,25). The van der Waals surface area contributed by atoms with Crippen LogP contribution in [0.5, 0.6) is 5.88 Å². The van der Waals surface area contributed by atoms with E-state index in [1.807, 2.05) is 0 Å². The minimum absolute atomic E-state index is 0.144. The first kappa shape index (κ1) is 16.3. The summed E-state index contributed by atoms with van der Waals surface area (Å²) in [6.07, 6.45) is 1.17. The molecule has 10 nitrogen and oxygen atoms in total. The number of hydrogen-bond acceptors (Lipinski definition) is 6. The molecule has 25 heavy (non-hydrogen) atoms. The number of imidazole rings is 1. The molecule has 0 unspecified atom stereocenters. The summed E-state index contributed by atoms with van der Waals surface area (Å²) in [6, 6.07) is 3.39. The maximum atomic E-state index is 11.9. The lowest BCUT2D eigenvalue weighted by molar-refractivity contribution is 0.417. The highest BCUT2D eigenvalue weighted by molar-refractivity contribution is 5.91. The maximum Gasteiger partial charge on any atom is 0.330 e. The molecule has 0 amide bonds. The highest BCUT2D eigenvalue weighted by Crippen LogP contribution is 2.30. The number of nitrogens with zero attached hydrogens (tertiary/aromatic N) is 3. The summed E-state index contributed by atoms with van der Waals surface area (Å²) in [7, 11) is 4.94. The molecule has 0 aliphatic carbocycles. The van der Waals surface area contributed by atoms with Gasteiger partial charge in [0.2, 0.25) is 5.88 Å². The topological polar surface area (TPSA) is 139 Å². The van der Waals surface area contributed by atoms with Gasteiger partial charge in [-0.3, -0.25) is 19.3 Å². The number of aliphatic imine (C=N–C) groups is 1. The van der Waals surface area contributed by atoms with E-state index >= 15 is 0 Å². The Balaban J connectivity index is 2.17. The largest absolute Gasteiger partial charge is 0.494 e. The summed E-state index contributed by atoms with van der Waals surface area (Å²) in [5, 5.41) is 9.98. The Morgan fingerprint density at radius 2 is 1.76 bits per heavy atom. The van der Waals surface area contributed by atoms with E-state index < -0.39 is 17.1 Å². The van der Waals surface area contributed by atoms with Crippen molar-refractivity contribution >= 4 is 28.6 Å². The molecule has 0 saturated heterocycles. The van der Waals surface area contributed by atoms with Crippen LogP contribution in [0.15, 0.2) is 31.5 Å². The van der Waals surface area contributed by atoms with E-state index in [4.69, 9.17) is 0 Å². The molecule has 1 aromatic carbocycles. The normalized spacial score (nSPS) is 11.5. The molecule has 0 bridgehead atoms. The SMILES string of the molecule is CN(C)c1cc2[nH]c(=O)[nH]c2cc1N=Cc1c(O)n(C)c(=O)[nH]c1=O. The van der Waals surface area contributed by atoms with Crippen molar-refractivity contribution in [3.63, 3.8) is 0 Å². The number of nitrogens with one attached hydrogen (secondary N) is 3. The molecule has 2 heterocycles. The zero-order valence-corrected chi connectivity index (χ0v) is 13.7. The van der Waals surface area contributed by atoms with Crippen LogP contribution in [0, 0.1) is 0 Å².